The number of carbonyl (C=O) groups is 3. The summed E-state index contributed by atoms with van der Waals surface area (Å²) in [5, 5.41) is 9.32. The zero-order valence-electron chi connectivity index (χ0n) is 14.5. The van der Waals surface area contributed by atoms with Crippen molar-refractivity contribution in [2.24, 2.45) is 0 Å². The largest absolute Gasteiger partial charge is 0.455 e. The van der Waals surface area contributed by atoms with E-state index in [0.717, 1.165) is 17.3 Å². The molecule has 0 aliphatic heterocycles. The van der Waals surface area contributed by atoms with Crippen LogP contribution in [0.3, 0.4) is 0 Å². The predicted octanol–water partition coefficient (Wildman–Crippen LogP) is 2.17. The lowest BCUT2D eigenvalue weighted by Gasteiger charge is -2.08. The Labute approximate surface area is 164 Å². The van der Waals surface area contributed by atoms with Crippen molar-refractivity contribution in [3.63, 3.8) is 0 Å². The van der Waals surface area contributed by atoms with E-state index in [-0.39, 0.29) is 24.0 Å². The topological polar surface area (TPSA) is 111 Å². The maximum Gasteiger partial charge on any atom is 0.316 e. The zero-order valence-corrected chi connectivity index (χ0v) is 16.1. The summed E-state index contributed by atoms with van der Waals surface area (Å²) < 4.78 is 9.69. The molecule has 1 heterocycles. The van der Waals surface area contributed by atoms with Gasteiger partial charge in [-0.05, 0) is 18.6 Å². The van der Waals surface area contributed by atoms with Crippen molar-refractivity contribution in [3.05, 3.63) is 46.7 Å². The quantitative estimate of drug-likeness (QED) is 0.608. The average molecular weight is 412 g/mol. The van der Waals surface area contributed by atoms with Gasteiger partial charge in [-0.25, -0.2) is 0 Å². The Kier molecular flexibility index (Phi) is 8.15. The van der Waals surface area contributed by atoms with Gasteiger partial charge in [0.1, 0.15) is 5.76 Å². The zero-order chi connectivity index (χ0) is 19.6. The molecule has 2 N–H and O–H groups in total. The summed E-state index contributed by atoms with van der Waals surface area (Å²) in [6.07, 6.45) is 0. The van der Waals surface area contributed by atoms with E-state index in [1.165, 1.54) is 0 Å². The van der Waals surface area contributed by atoms with Gasteiger partial charge in [0.2, 0.25) is 5.91 Å². The highest BCUT2D eigenvalue weighted by Crippen LogP contribution is 2.14. The second-order valence-corrected chi connectivity index (χ2v) is 6.79. The Bertz CT molecular complexity index is 811. The third kappa shape index (κ3) is 7.71. The molecule has 0 saturated carbocycles. The highest BCUT2D eigenvalue weighted by Gasteiger charge is 2.11. The smallest absolute Gasteiger partial charge is 0.316 e. The lowest BCUT2D eigenvalue weighted by Crippen LogP contribution is -2.29. The van der Waals surface area contributed by atoms with Crippen LogP contribution in [0.25, 0.3) is 0 Å². The molecular weight excluding hydrogens is 394 g/mol. The molecular formula is C17H18ClN3O5S. The maximum atomic E-state index is 11.7. The number of aromatic nitrogens is 1. The summed E-state index contributed by atoms with van der Waals surface area (Å²) in [5.41, 5.74) is 0.766. The first kappa shape index (κ1) is 20.8. The molecule has 10 heteroatoms. The van der Waals surface area contributed by atoms with Crippen LogP contribution >= 0.6 is 23.4 Å². The highest BCUT2D eigenvalue weighted by atomic mass is 35.5. The number of amides is 2. The minimum atomic E-state index is -0.585. The maximum absolute atomic E-state index is 11.7. The van der Waals surface area contributed by atoms with Gasteiger partial charge in [-0.3, -0.25) is 14.4 Å². The number of thioether (sulfide) groups is 1. The van der Waals surface area contributed by atoms with Crippen molar-refractivity contribution in [2.75, 3.05) is 23.4 Å². The van der Waals surface area contributed by atoms with Gasteiger partial charge in [0.25, 0.3) is 5.91 Å². The van der Waals surface area contributed by atoms with Crippen LogP contribution in [0.2, 0.25) is 5.02 Å². The van der Waals surface area contributed by atoms with E-state index in [2.05, 4.69) is 15.8 Å². The molecule has 0 fully saturated rings. The predicted molar refractivity (Wildman–Crippen MR) is 101 cm³/mol. The molecule has 0 unspecified atom stereocenters. The first-order valence-electron chi connectivity index (χ1n) is 7.90. The van der Waals surface area contributed by atoms with Gasteiger partial charge in [-0.1, -0.05) is 35.0 Å². The Hall–Kier alpha value is -2.52. The van der Waals surface area contributed by atoms with Crippen LogP contribution in [0, 0.1) is 6.92 Å². The van der Waals surface area contributed by atoms with Crippen LogP contribution < -0.4 is 10.6 Å². The third-order valence-electron chi connectivity index (χ3n) is 3.15. The Morgan fingerprint density at radius 1 is 1.22 bits per heavy atom. The fourth-order valence-electron chi connectivity index (χ4n) is 1.91. The molecule has 0 spiro atoms. The molecule has 0 aliphatic rings. The number of hydrogen-bond donors (Lipinski definition) is 2. The molecule has 2 amide bonds. The van der Waals surface area contributed by atoms with Gasteiger partial charge in [-0.2, -0.15) is 0 Å². The average Bonchev–Trinajstić information content (AvgIpc) is 3.04. The van der Waals surface area contributed by atoms with Crippen molar-refractivity contribution < 1.29 is 23.6 Å². The minimum Gasteiger partial charge on any atom is -0.455 e. The van der Waals surface area contributed by atoms with E-state index >= 15 is 0 Å². The number of anilines is 1. The third-order valence-corrected chi connectivity index (χ3v) is 4.42. The van der Waals surface area contributed by atoms with Crippen molar-refractivity contribution in [3.8, 4) is 0 Å². The standard InChI is InChI=1S/C17H18ClN3O5S/c1-11-6-14(21-26-11)20-16(23)9-27-10-17(24)25-8-15(22)19-7-12-4-2-3-5-13(12)18/h2-6H,7-10H2,1H3,(H,19,22)(H,20,21,23). The van der Waals surface area contributed by atoms with Crippen molar-refractivity contribution in [1.29, 1.82) is 0 Å². The molecule has 27 heavy (non-hydrogen) atoms. The molecule has 8 nitrogen and oxygen atoms in total. The van der Waals surface area contributed by atoms with E-state index in [0.29, 0.717) is 16.6 Å². The summed E-state index contributed by atoms with van der Waals surface area (Å²) >= 11 is 7.05. The number of halogens is 1. The molecule has 0 bridgehead atoms. The van der Waals surface area contributed by atoms with E-state index < -0.39 is 18.5 Å². The number of rotatable bonds is 9. The van der Waals surface area contributed by atoms with Crippen LogP contribution in [0.4, 0.5) is 5.82 Å². The van der Waals surface area contributed by atoms with E-state index in [9.17, 15) is 14.4 Å². The number of ether oxygens (including phenoxy) is 1. The Balaban J connectivity index is 1.58. The minimum absolute atomic E-state index is 0.0414. The molecule has 2 aromatic rings. The van der Waals surface area contributed by atoms with E-state index in [4.69, 9.17) is 20.9 Å². The van der Waals surface area contributed by atoms with Crippen LogP contribution in [-0.4, -0.2) is 41.1 Å². The van der Waals surface area contributed by atoms with Crippen LogP contribution in [0.5, 0.6) is 0 Å². The number of nitrogens with zero attached hydrogens (tertiary/aromatic N) is 1. The SMILES string of the molecule is Cc1cc(NC(=O)CSCC(=O)OCC(=O)NCc2ccccc2Cl)no1. The fourth-order valence-corrected chi connectivity index (χ4v) is 2.72. The van der Waals surface area contributed by atoms with Gasteiger partial charge in [0.05, 0.1) is 11.5 Å². The molecule has 1 aromatic heterocycles. The first-order valence-corrected chi connectivity index (χ1v) is 9.44. The van der Waals surface area contributed by atoms with Crippen molar-refractivity contribution in [2.45, 2.75) is 13.5 Å². The summed E-state index contributed by atoms with van der Waals surface area (Å²) in [6, 6.07) is 8.69. The lowest BCUT2D eigenvalue weighted by atomic mass is 10.2. The van der Waals surface area contributed by atoms with Crippen LogP contribution in [0.1, 0.15) is 11.3 Å². The van der Waals surface area contributed by atoms with Gasteiger partial charge >= 0.3 is 5.97 Å². The second-order valence-electron chi connectivity index (χ2n) is 5.39. The summed E-state index contributed by atoms with van der Waals surface area (Å²) in [7, 11) is 0. The molecule has 0 atom stereocenters. The normalized spacial score (nSPS) is 10.3. The second kappa shape index (κ2) is 10.6. The van der Waals surface area contributed by atoms with Crippen LogP contribution in [-0.2, 0) is 25.7 Å². The van der Waals surface area contributed by atoms with E-state index in [1.807, 2.05) is 6.07 Å². The summed E-state index contributed by atoms with van der Waals surface area (Å²) in [5.74, 6) is -0.461. The lowest BCUT2D eigenvalue weighted by molar-refractivity contribution is -0.145. The number of hydrogen-bond acceptors (Lipinski definition) is 7. The fraction of sp³-hybridized carbons (Fsp3) is 0.294. The van der Waals surface area contributed by atoms with Crippen molar-refractivity contribution in [1.82, 2.24) is 10.5 Å². The summed E-state index contributed by atoms with van der Waals surface area (Å²) in [6.45, 7) is 1.55. The Morgan fingerprint density at radius 3 is 2.70 bits per heavy atom. The first-order chi connectivity index (χ1) is 12.9. The van der Waals surface area contributed by atoms with E-state index in [1.54, 1.807) is 31.2 Å². The van der Waals surface area contributed by atoms with Crippen LogP contribution in [0.15, 0.2) is 34.9 Å². The Morgan fingerprint density at radius 2 is 2.00 bits per heavy atom. The van der Waals surface area contributed by atoms with Gasteiger partial charge in [-0.15, -0.1) is 11.8 Å². The number of carbonyl (C=O) groups excluding carboxylic acids is 3. The molecule has 2 rings (SSSR count). The number of nitrogens with one attached hydrogen (secondary N) is 2. The molecule has 144 valence electrons. The molecule has 0 saturated heterocycles. The molecule has 0 aliphatic carbocycles. The van der Waals surface area contributed by atoms with Gasteiger partial charge in [0, 0.05) is 17.6 Å². The number of esters is 1. The molecule has 1 aromatic carbocycles. The molecule has 0 radical (unpaired) electrons. The summed E-state index contributed by atoms with van der Waals surface area (Å²) in [4.78, 5) is 35.0. The highest BCUT2D eigenvalue weighted by molar-refractivity contribution is 8.00. The number of aryl methyl sites for hydroxylation is 1. The van der Waals surface area contributed by atoms with Crippen molar-refractivity contribution >= 4 is 47.0 Å². The van der Waals surface area contributed by atoms with Gasteiger partial charge in [0.15, 0.2) is 12.4 Å². The van der Waals surface area contributed by atoms with Gasteiger partial charge < -0.3 is 19.9 Å². The number of benzene rings is 1. The monoisotopic (exact) mass is 411 g/mol.